The van der Waals surface area contributed by atoms with E-state index in [0.29, 0.717) is 0 Å². The normalized spacial score (nSPS) is 14.0. The number of hydrogen-bond acceptors (Lipinski definition) is 2. The first-order valence-electron chi connectivity index (χ1n) is 11.9. The predicted octanol–water partition coefficient (Wildman–Crippen LogP) is 8.98. The highest BCUT2D eigenvalue weighted by molar-refractivity contribution is 5.44. The lowest BCUT2D eigenvalue weighted by atomic mass is 9.78. The van der Waals surface area contributed by atoms with E-state index in [-0.39, 0.29) is 5.41 Å². The van der Waals surface area contributed by atoms with E-state index in [4.69, 9.17) is 9.47 Å². The van der Waals surface area contributed by atoms with Crippen LogP contribution >= 0.6 is 0 Å². The van der Waals surface area contributed by atoms with E-state index in [1.54, 1.807) is 0 Å². The molecule has 3 aromatic carbocycles. The Morgan fingerprint density at radius 3 is 1.74 bits per heavy atom. The fourth-order valence-corrected chi connectivity index (χ4v) is 4.07. The van der Waals surface area contributed by atoms with E-state index in [2.05, 4.69) is 108 Å². The molecule has 1 aliphatic carbocycles. The topological polar surface area (TPSA) is 18.5 Å². The van der Waals surface area contributed by atoms with Gasteiger partial charge in [-0.15, -0.1) is 0 Å². The van der Waals surface area contributed by atoms with Crippen molar-refractivity contribution in [3.05, 3.63) is 124 Å². The Kier molecular flexibility index (Phi) is 6.79. The molecule has 34 heavy (non-hydrogen) atoms. The molecule has 0 saturated heterocycles. The molecule has 4 rings (SSSR count). The quantitative estimate of drug-likeness (QED) is 0.373. The minimum atomic E-state index is -0.142. The second-order valence-electron chi connectivity index (χ2n) is 9.68. The summed E-state index contributed by atoms with van der Waals surface area (Å²) < 4.78 is 12.2. The van der Waals surface area contributed by atoms with Gasteiger partial charge in [-0.3, -0.25) is 0 Å². The van der Waals surface area contributed by atoms with Gasteiger partial charge in [0.25, 0.3) is 0 Å². The van der Waals surface area contributed by atoms with Crippen LogP contribution in [-0.4, -0.2) is 0 Å². The molecule has 0 bridgehead atoms. The molecule has 0 heterocycles. The van der Waals surface area contributed by atoms with E-state index in [9.17, 15) is 0 Å². The van der Waals surface area contributed by atoms with Crippen molar-refractivity contribution in [2.75, 3.05) is 0 Å². The van der Waals surface area contributed by atoms with Gasteiger partial charge in [-0.25, -0.2) is 0 Å². The van der Waals surface area contributed by atoms with Gasteiger partial charge >= 0.3 is 0 Å². The van der Waals surface area contributed by atoms with Crippen LogP contribution in [0.3, 0.4) is 0 Å². The second-order valence-corrected chi connectivity index (χ2v) is 9.68. The van der Waals surface area contributed by atoms with Gasteiger partial charge in [0.2, 0.25) is 0 Å². The zero-order chi connectivity index (χ0) is 24.3. The summed E-state index contributed by atoms with van der Waals surface area (Å²) in [5.74, 6) is 3.46. The summed E-state index contributed by atoms with van der Waals surface area (Å²) in [5, 5.41) is 0. The van der Waals surface area contributed by atoms with Crippen molar-refractivity contribution in [3.63, 3.8) is 0 Å². The first-order chi connectivity index (χ1) is 16.2. The molecule has 1 aliphatic rings. The van der Waals surface area contributed by atoms with Crippen LogP contribution in [0.1, 0.15) is 56.4 Å². The summed E-state index contributed by atoms with van der Waals surface area (Å²) in [5.41, 5.74) is 7.38. The van der Waals surface area contributed by atoms with Crippen LogP contribution < -0.4 is 9.47 Å². The molecule has 0 spiro atoms. The van der Waals surface area contributed by atoms with Gasteiger partial charge in [0, 0.05) is 5.41 Å². The third kappa shape index (κ3) is 5.34. The molecule has 0 atom stereocenters. The van der Waals surface area contributed by atoms with Gasteiger partial charge in [-0.05, 0) is 110 Å². The maximum Gasteiger partial charge on any atom is 0.127 e. The average Bonchev–Trinajstić information content (AvgIpc) is 2.97. The molecule has 174 valence electrons. The molecule has 2 nitrogen and oxygen atoms in total. The molecule has 0 amide bonds. The molecular weight excluding hydrogens is 416 g/mol. The minimum Gasteiger partial charge on any atom is -0.458 e. The number of allylic oxidation sites excluding steroid dienone is 5. The zero-order valence-corrected chi connectivity index (χ0v) is 21.1. The van der Waals surface area contributed by atoms with Gasteiger partial charge in [0.1, 0.15) is 23.0 Å². The summed E-state index contributed by atoms with van der Waals surface area (Å²) in [6.45, 7) is 13.0. The average molecular weight is 451 g/mol. The highest BCUT2D eigenvalue weighted by atomic mass is 16.5. The van der Waals surface area contributed by atoms with E-state index in [0.717, 1.165) is 29.4 Å². The summed E-state index contributed by atoms with van der Waals surface area (Å²) in [4.78, 5) is 0. The van der Waals surface area contributed by atoms with Gasteiger partial charge < -0.3 is 9.47 Å². The summed E-state index contributed by atoms with van der Waals surface area (Å²) >= 11 is 0. The van der Waals surface area contributed by atoms with E-state index >= 15 is 0 Å². The molecule has 0 radical (unpaired) electrons. The zero-order valence-electron chi connectivity index (χ0n) is 21.1. The van der Waals surface area contributed by atoms with Crippen LogP contribution in [0.5, 0.6) is 17.2 Å². The smallest absolute Gasteiger partial charge is 0.127 e. The van der Waals surface area contributed by atoms with Crippen molar-refractivity contribution in [3.8, 4) is 17.2 Å². The van der Waals surface area contributed by atoms with Crippen molar-refractivity contribution in [2.45, 2.75) is 53.4 Å². The molecule has 3 aromatic rings. The van der Waals surface area contributed by atoms with E-state index in [1.165, 1.54) is 33.4 Å². The number of rotatable bonds is 6. The minimum absolute atomic E-state index is 0.142. The van der Waals surface area contributed by atoms with Crippen LogP contribution in [0.15, 0.2) is 102 Å². The first-order valence-corrected chi connectivity index (χ1v) is 11.9. The number of aryl methyl sites for hydroxylation is 2. The van der Waals surface area contributed by atoms with Crippen LogP contribution in [0.4, 0.5) is 0 Å². The fourth-order valence-electron chi connectivity index (χ4n) is 4.07. The maximum absolute atomic E-state index is 6.15. The SMILES string of the molecule is CC1=CCC=C(Oc2ccc(C(C)(C)c3ccc(Oc4ccc(C)c(C)c4)cc3)cc2)C=C1C. The van der Waals surface area contributed by atoms with Crippen LogP contribution in [0, 0.1) is 13.8 Å². The summed E-state index contributed by atoms with van der Waals surface area (Å²) in [7, 11) is 0. The Hall–Kier alpha value is -3.52. The number of hydrogen-bond donors (Lipinski definition) is 0. The van der Waals surface area contributed by atoms with Gasteiger partial charge in [-0.1, -0.05) is 55.8 Å². The first kappa shape index (κ1) is 23.6. The van der Waals surface area contributed by atoms with Crippen molar-refractivity contribution in [1.29, 1.82) is 0 Å². The Balaban J connectivity index is 1.46. The lowest BCUT2D eigenvalue weighted by Crippen LogP contribution is -2.18. The Morgan fingerprint density at radius 2 is 1.15 bits per heavy atom. The van der Waals surface area contributed by atoms with Crippen LogP contribution in [-0.2, 0) is 5.41 Å². The van der Waals surface area contributed by atoms with Crippen LogP contribution in [0.25, 0.3) is 0 Å². The Labute approximate surface area is 204 Å². The highest BCUT2D eigenvalue weighted by Gasteiger charge is 2.23. The van der Waals surface area contributed by atoms with Gasteiger partial charge in [0.15, 0.2) is 0 Å². The third-order valence-electron chi connectivity index (χ3n) is 6.83. The Bertz CT molecular complexity index is 1250. The molecule has 2 heteroatoms. The number of benzene rings is 3. The monoisotopic (exact) mass is 450 g/mol. The maximum atomic E-state index is 6.15. The Morgan fingerprint density at radius 1 is 0.588 bits per heavy atom. The lowest BCUT2D eigenvalue weighted by Gasteiger charge is -2.26. The van der Waals surface area contributed by atoms with Crippen molar-refractivity contribution in [2.24, 2.45) is 0 Å². The van der Waals surface area contributed by atoms with E-state index < -0.39 is 0 Å². The molecule has 0 N–H and O–H groups in total. The van der Waals surface area contributed by atoms with Crippen LogP contribution in [0.2, 0.25) is 0 Å². The second kappa shape index (κ2) is 9.77. The molecule has 0 aromatic heterocycles. The van der Waals surface area contributed by atoms with Crippen molar-refractivity contribution in [1.82, 2.24) is 0 Å². The lowest BCUT2D eigenvalue weighted by molar-refractivity contribution is 0.441. The van der Waals surface area contributed by atoms with Gasteiger partial charge in [0.05, 0.1) is 0 Å². The third-order valence-corrected chi connectivity index (χ3v) is 6.83. The molecule has 0 saturated carbocycles. The van der Waals surface area contributed by atoms with Crippen molar-refractivity contribution < 1.29 is 9.47 Å². The van der Waals surface area contributed by atoms with E-state index in [1.807, 2.05) is 18.2 Å². The highest BCUT2D eigenvalue weighted by Crippen LogP contribution is 2.34. The fraction of sp³-hybridized carbons (Fsp3) is 0.250. The molecule has 0 fully saturated rings. The van der Waals surface area contributed by atoms with Crippen molar-refractivity contribution >= 4 is 0 Å². The molecule has 0 aliphatic heterocycles. The molecule has 0 unspecified atom stereocenters. The standard InChI is InChI=1S/C32H34O2/c1-22-8-7-9-30(20-24(22)3)33-28-16-11-26(12-17-28)32(5,6)27-13-18-29(19-14-27)34-31-15-10-23(2)25(4)21-31/h8-21H,7H2,1-6H3. The van der Waals surface area contributed by atoms with Gasteiger partial charge in [-0.2, -0.15) is 0 Å². The summed E-state index contributed by atoms with van der Waals surface area (Å²) in [6, 6.07) is 23.0. The summed E-state index contributed by atoms with van der Waals surface area (Å²) in [6.07, 6.45) is 7.35. The number of ether oxygens (including phenoxy) is 2. The predicted molar refractivity (Wildman–Crippen MR) is 142 cm³/mol. The largest absolute Gasteiger partial charge is 0.458 e. The molecular formula is C32H34O2.